The molecule has 0 aromatic carbocycles. The second kappa shape index (κ2) is 29.8. The highest BCUT2D eigenvalue weighted by atomic mass is 16.5. The molecule has 0 radical (unpaired) electrons. The van der Waals surface area contributed by atoms with Gasteiger partial charge in [-0.25, -0.2) is 9.98 Å². The zero-order valence-corrected chi connectivity index (χ0v) is 40.0. The highest BCUT2D eigenvalue weighted by Gasteiger charge is 2.54. The summed E-state index contributed by atoms with van der Waals surface area (Å²) in [5.74, 6) is -7.01. The molecule has 22 nitrogen and oxygen atoms in total. The van der Waals surface area contributed by atoms with Crippen LogP contribution in [-0.4, -0.2) is 147 Å². The number of hydrogen-bond acceptors (Lipinski definition) is 12. The minimum absolute atomic E-state index is 0.0104. The van der Waals surface area contributed by atoms with Gasteiger partial charge in [-0.3, -0.25) is 28.8 Å². The van der Waals surface area contributed by atoms with E-state index in [0.29, 0.717) is 38.9 Å². The summed E-state index contributed by atoms with van der Waals surface area (Å²) in [4.78, 5) is 83.5. The maximum absolute atomic E-state index is 12.8. The lowest BCUT2D eigenvalue weighted by molar-refractivity contribution is -0.150. The van der Waals surface area contributed by atoms with Gasteiger partial charge in [-0.2, -0.15) is 0 Å². The van der Waals surface area contributed by atoms with Crippen molar-refractivity contribution in [1.29, 1.82) is 0 Å². The molecule has 0 unspecified atom stereocenters. The van der Waals surface area contributed by atoms with E-state index in [2.05, 4.69) is 38.2 Å². The molecular weight excluding hydrogens is 861 g/mol. The largest absolute Gasteiger partial charge is 0.481 e. The first-order valence-corrected chi connectivity index (χ1v) is 23.4. The van der Waals surface area contributed by atoms with Crippen molar-refractivity contribution in [2.75, 3.05) is 52.7 Å². The van der Waals surface area contributed by atoms with Crippen LogP contribution in [-0.2, 0) is 47.7 Å². The number of nitrogens with one attached hydrogen (secondary N) is 4. The summed E-state index contributed by atoms with van der Waals surface area (Å²) < 4.78 is 23.5. The summed E-state index contributed by atoms with van der Waals surface area (Å²) in [6, 6.07) is -2.24. The maximum atomic E-state index is 12.8. The number of aliphatic imine (C=N–C) groups is 2. The Morgan fingerprint density at radius 2 is 0.955 bits per heavy atom. The Kier molecular flexibility index (Phi) is 25.8. The van der Waals surface area contributed by atoms with E-state index in [1.807, 2.05) is 27.7 Å². The lowest BCUT2D eigenvalue weighted by Gasteiger charge is -2.37. The number of hydrogen-bond donors (Lipinski definition) is 10. The first kappa shape index (κ1) is 57.3. The molecule has 10 atom stereocenters. The number of carboxylic acids is 2. The van der Waals surface area contributed by atoms with Crippen molar-refractivity contribution in [3.8, 4) is 0 Å². The topological polar surface area (TPSA) is 357 Å². The highest BCUT2D eigenvalue weighted by Crippen LogP contribution is 2.43. The van der Waals surface area contributed by atoms with E-state index in [4.69, 9.17) is 41.9 Å². The molecular formula is C44H80N10O12. The van der Waals surface area contributed by atoms with Crippen LogP contribution in [0.5, 0.6) is 0 Å². The second-order valence-corrected chi connectivity index (χ2v) is 17.5. The molecule has 0 spiro atoms. The second-order valence-electron chi connectivity index (χ2n) is 17.5. The molecule has 2 fully saturated rings. The van der Waals surface area contributed by atoms with Gasteiger partial charge in [-0.05, 0) is 43.4 Å². The number of carboxylic acid groups (broad SMARTS) is 2. The summed E-state index contributed by atoms with van der Waals surface area (Å²) in [7, 11) is 0. The van der Waals surface area contributed by atoms with Crippen LogP contribution in [0.15, 0.2) is 9.98 Å². The number of amides is 4. The van der Waals surface area contributed by atoms with Crippen molar-refractivity contribution < 1.29 is 57.9 Å². The average molecular weight is 941 g/mol. The van der Waals surface area contributed by atoms with E-state index >= 15 is 0 Å². The predicted molar refractivity (Wildman–Crippen MR) is 247 cm³/mol. The van der Waals surface area contributed by atoms with E-state index in [-0.39, 0.29) is 80.6 Å². The average Bonchev–Trinajstić information content (AvgIpc) is 3.78. The Bertz CT molecular complexity index is 1490. The smallest absolute Gasteiger partial charge is 0.309 e. The Hall–Kier alpha value is -4.80. The summed E-state index contributed by atoms with van der Waals surface area (Å²) in [5.41, 5.74) is 22.9. The third-order valence-corrected chi connectivity index (χ3v) is 12.8. The lowest BCUT2D eigenvalue weighted by Crippen LogP contribution is -2.52. The van der Waals surface area contributed by atoms with Crippen molar-refractivity contribution in [1.82, 2.24) is 21.3 Å². The van der Waals surface area contributed by atoms with E-state index in [1.165, 1.54) is 13.8 Å². The van der Waals surface area contributed by atoms with E-state index < -0.39 is 97.0 Å². The number of aliphatic carboxylic acids is 2. The van der Waals surface area contributed by atoms with Crippen LogP contribution >= 0.6 is 0 Å². The van der Waals surface area contributed by atoms with Gasteiger partial charge in [0, 0.05) is 64.1 Å². The molecule has 0 saturated heterocycles. The van der Waals surface area contributed by atoms with E-state index in [9.17, 15) is 39.0 Å². The number of carbonyl (C=O) groups is 6. The standard InChI is InChI=1S/C44H80N10O12/c1-8-27(9-2)37(51-25(6)55)35-31(53-43(45)46)20-29(41(59)60)39(35)65-22-33(57)49-14-18-63-16-12-24(5)13-17-64-19-15-50-34(58)23-66-40-30(42(61)62)21-32(54-44(47)48)36(40)38(52-26(7)56)28(10-3)11-4/h24,27-32,35-40H,8-23H2,1-7H3,(H,49,57)(H,50,58)(H,51,55)(H,52,56)(H,59,60)(H,61,62)(H4,45,46,53)(H4,47,48,54)/t29-,30-,31+,32+,35+,36+,37+,38+,39+,40+/m0/s1. The Labute approximate surface area is 389 Å². The molecule has 0 heterocycles. The summed E-state index contributed by atoms with van der Waals surface area (Å²) >= 11 is 0. The number of carbonyl (C=O) groups excluding carboxylic acids is 4. The third kappa shape index (κ3) is 18.8. The van der Waals surface area contributed by atoms with Crippen molar-refractivity contribution in [2.45, 2.75) is 136 Å². The quantitative estimate of drug-likeness (QED) is 0.0242. The molecule has 0 bridgehead atoms. The molecule has 2 aliphatic carbocycles. The van der Waals surface area contributed by atoms with E-state index in [0.717, 1.165) is 12.8 Å². The molecule has 2 rings (SSSR count). The fourth-order valence-electron chi connectivity index (χ4n) is 9.57. The minimum atomic E-state index is -1.11. The normalized spacial score (nSPS) is 24.0. The van der Waals surface area contributed by atoms with Crippen LogP contribution in [0.2, 0.25) is 0 Å². The molecule has 2 saturated carbocycles. The fraction of sp³-hybridized carbons (Fsp3) is 0.818. The van der Waals surface area contributed by atoms with Crippen molar-refractivity contribution >= 4 is 47.5 Å². The van der Waals surface area contributed by atoms with Gasteiger partial charge in [0.2, 0.25) is 23.6 Å². The summed E-state index contributed by atoms with van der Waals surface area (Å²) in [5, 5.41) is 31.6. The Balaban J connectivity index is 1.77. The first-order valence-electron chi connectivity index (χ1n) is 23.4. The molecule has 2 aliphatic rings. The van der Waals surface area contributed by atoms with Gasteiger partial charge in [0.15, 0.2) is 11.9 Å². The monoisotopic (exact) mass is 941 g/mol. The van der Waals surface area contributed by atoms with Crippen LogP contribution in [0.1, 0.15) is 99.8 Å². The van der Waals surface area contributed by atoms with E-state index in [1.54, 1.807) is 0 Å². The van der Waals surface area contributed by atoms with Crippen LogP contribution in [0, 0.1) is 41.4 Å². The SMILES string of the molecule is CCC(CC)[C@@H](NC(C)=O)[C@@H]1[C@H](OCC(=O)NCCOCCC(C)CCOCCNC(=O)CO[C@H]2[C@@H]([C@H](NC(C)=O)C(CC)CC)[C@H](N=C(N)N)C[C@@H]2C(=O)O)[C@@H](C(=O)O)C[C@H]1N=C(N)N. The van der Waals surface area contributed by atoms with Crippen LogP contribution in [0.25, 0.3) is 0 Å². The van der Waals surface area contributed by atoms with Gasteiger partial charge in [0.05, 0.1) is 49.3 Å². The molecule has 0 aliphatic heterocycles. The van der Waals surface area contributed by atoms with Crippen LogP contribution in [0.4, 0.5) is 0 Å². The first-order chi connectivity index (χ1) is 31.3. The zero-order valence-electron chi connectivity index (χ0n) is 40.0. The molecule has 14 N–H and O–H groups in total. The molecule has 22 heteroatoms. The highest BCUT2D eigenvalue weighted by molar-refractivity contribution is 5.79. The van der Waals surface area contributed by atoms with Gasteiger partial charge < -0.3 is 73.4 Å². The maximum Gasteiger partial charge on any atom is 0.309 e. The summed E-state index contributed by atoms with van der Waals surface area (Å²) in [6.45, 7) is 13.8. The van der Waals surface area contributed by atoms with Gasteiger partial charge >= 0.3 is 11.9 Å². The number of nitrogens with two attached hydrogens (primary N) is 4. The van der Waals surface area contributed by atoms with Crippen molar-refractivity contribution in [2.24, 2.45) is 74.3 Å². The van der Waals surface area contributed by atoms with Crippen molar-refractivity contribution in [3.63, 3.8) is 0 Å². The van der Waals surface area contributed by atoms with Gasteiger partial charge in [-0.1, -0.05) is 60.3 Å². The molecule has 378 valence electrons. The lowest BCUT2D eigenvalue weighted by atomic mass is 9.80. The molecule has 0 aromatic heterocycles. The van der Waals surface area contributed by atoms with Gasteiger partial charge in [0.25, 0.3) is 0 Å². The van der Waals surface area contributed by atoms with Crippen molar-refractivity contribution in [3.05, 3.63) is 0 Å². The number of ether oxygens (including phenoxy) is 4. The van der Waals surface area contributed by atoms with Crippen LogP contribution in [0.3, 0.4) is 0 Å². The Morgan fingerprint density at radius 1 is 0.606 bits per heavy atom. The molecule has 0 aromatic rings. The summed E-state index contributed by atoms with van der Waals surface area (Å²) in [6.07, 6.45) is 2.61. The third-order valence-electron chi connectivity index (χ3n) is 12.8. The van der Waals surface area contributed by atoms with Gasteiger partial charge in [-0.15, -0.1) is 0 Å². The van der Waals surface area contributed by atoms with Crippen LogP contribution < -0.4 is 44.2 Å². The predicted octanol–water partition coefficient (Wildman–Crippen LogP) is 0.0459. The number of nitrogens with zero attached hydrogens (tertiary/aromatic N) is 2. The molecule has 4 amide bonds. The van der Waals surface area contributed by atoms with Gasteiger partial charge in [0.1, 0.15) is 13.2 Å². The Morgan fingerprint density at radius 3 is 1.24 bits per heavy atom. The fourth-order valence-corrected chi connectivity index (χ4v) is 9.57. The minimum Gasteiger partial charge on any atom is -0.481 e. The number of rotatable bonds is 32. The molecule has 66 heavy (non-hydrogen) atoms. The zero-order chi connectivity index (χ0) is 49.5. The number of guanidine groups is 2.